The van der Waals surface area contributed by atoms with Crippen molar-refractivity contribution in [3.05, 3.63) is 35.9 Å². The first kappa shape index (κ1) is 16.7. The largest absolute Gasteiger partial charge is 0.364 e. The molecule has 1 aliphatic rings. The summed E-state index contributed by atoms with van der Waals surface area (Å²) in [5.74, 6) is 1.25. The van der Waals surface area contributed by atoms with Gasteiger partial charge in [-0.1, -0.05) is 48.4 Å². The van der Waals surface area contributed by atoms with Gasteiger partial charge >= 0.3 is 0 Å². The fraction of sp³-hybridized carbons (Fsp3) is 0.444. The van der Waals surface area contributed by atoms with Crippen LogP contribution in [0.15, 0.2) is 30.3 Å². The Morgan fingerprint density at radius 3 is 2.77 bits per heavy atom. The second-order valence-electron chi connectivity index (χ2n) is 6.82. The molecule has 0 radical (unpaired) electrons. The highest BCUT2D eigenvalue weighted by Gasteiger charge is 2.23. The van der Waals surface area contributed by atoms with Crippen molar-refractivity contribution >= 4 is 22.9 Å². The van der Waals surface area contributed by atoms with Gasteiger partial charge in [-0.3, -0.25) is 0 Å². The second-order valence-corrected chi connectivity index (χ2v) is 6.82. The van der Waals surface area contributed by atoms with Crippen LogP contribution in [0.2, 0.25) is 0 Å². The fourth-order valence-electron chi connectivity index (χ4n) is 3.39. The number of hydrogen-bond acceptors (Lipinski definition) is 7. The van der Waals surface area contributed by atoms with Crippen molar-refractivity contribution in [1.82, 2.24) is 25.0 Å². The molecule has 26 heavy (non-hydrogen) atoms. The number of aryl methyl sites for hydroxylation is 1. The van der Waals surface area contributed by atoms with Gasteiger partial charge in [0.05, 0.1) is 0 Å². The summed E-state index contributed by atoms with van der Waals surface area (Å²) < 4.78 is 1.66. The maximum atomic E-state index is 6.26. The highest BCUT2D eigenvalue weighted by Crippen LogP contribution is 2.23. The minimum absolute atomic E-state index is 0.133. The minimum atomic E-state index is 0.133. The van der Waals surface area contributed by atoms with Gasteiger partial charge in [-0.05, 0) is 18.4 Å². The molecule has 1 aromatic carbocycles. The van der Waals surface area contributed by atoms with E-state index in [9.17, 15) is 0 Å². The van der Waals surface area contributed by atoms with Gasteiger partial charge in [0.25, 0.3) is 0 Å². The molecule has 4 N–H and O–H groups in total. The fourth-order valence-corrected chi connectivity index (χ4v) is 3.39. The van der Waals surface area contributed by atoms with Crippen molar-refractivity contribution in [2.45, 2.75) is 44.3 Å². The van der Waals surface area contributed by atoms with Crippen molar-refractivity contribution < 1.29 is 0 Å². The Kier molecular flexibility index (Phi) is 4.66. The van der Waals surface area contributed by atoms with E-state index in [1.807, 2.05) is 25.2 Å². The van der Waals surface area contributed by atoms with Crippen LogP contribution in [-0.2, 0) is 13.6 Å². The van der Waals surface area contributed by atoms with Crippen LogP contribution in [0.5, 0.6) is 0 Å². The third-order valence-electron chi connectivity index (χ3n) is 4.89. The number of fused-ring (bicyclic) bond motifs is 1. The molecule has 0 aliphatic heterocycles. The van der Waals surface area contributed by atoms with E-state index in [0.29, 0.717) is 29.5 Å². The standard InChI is InChI=1S/C18H24N8/c1-26-17-15(24-25-26)16(20-11-12-7-3-2-4-8-12)22-18(23-17)21-14-10-6-5-9-13(14)19/h2-4,7-8,13-14H,5-6,9-11,19H2,1H3,(H2,20,21,22,23). The zero-order valence-corrected chi connectivity index (χ0v) is 14.9. The molecule has 2 atom stereocenters. The Hall–Kier alpha value is -2.74. The molecule has 0 amide bonds. The van der Waals surface area contributed by atoms with Crippen molar-refractivity contribution in [3.63, 3.8) is 0 Å². The lowest BCUT2D eigenvalue weighted by atomic mass is 9.91. The van der Waals surface area contributed by atoms with E-state index in [1.54, 1.807) is 4.68 Å². The minimum Gasteiger partial charge on any atom is -0.364 e. The average molecular weight is 352 g/mol. The van der Waals surface area contributed by atoms with Gasteiger partial charge in [-0.2, -0.15) is 9.97 Å². The molecule has 4 rings (SSSR count). The van der Waals surface area contributed by atoms with Gasteiger partial charge in [-0.25, -0.2) is 4.68 Å². The molecule has 0 spiro atoms. The number of nitrogens with zero attached hydrogens (tertiary/aromatic N) is 5. The Morgan fingerprint density at radius 2 is 1.96 bits per heavy atom. The molecular formula is C18H24N8. The van der Waals surface area contributed by atoms with Crippen LogP contribution in [0, 0.1) is 0 Å². The Morgan fingerprint density at radius 1 is 1.15 bits per heavy atom. The molecule has 0 saturated heterocycles. The first-order valence-electron chi connectivity index (χ1n) is 9.08. The first-order chi connectivity index (χ1) is 12.7. The van der Waals surface area contributed by atoms with Crippen LogP contribution < -0.4 is 16.4 Å². The van der Waals surface area contributed by atoms with E-state index in [0.717, 1.165) is 12.8 Å². The van der Waals surface area contributed by atoms with Gasteiger partial charge in [0, 0.05) is 25.7 Å². The van der Waals surface area contributed by atoms with E-state index in [1.165, 1.54) is 18.4 Å². The van der Waals surface area contributed by atoms with Crippen molar-refractivity contribution in [1.29, 1.82) is 0 Å². The number of nitrogens with two attached hydrogens (primary N) is 1. The maximum absolute atomic E-state index is 6.26. The Labute approximate surface area is 152 Å². The van der Waals surface area contributed by atoms with Crippen molar-refractivity contribution in [2.75, 3.05) is 10.6 Å². The van der Waals surface area contributed by atoms with Crippen LogP contribution in [-0.4, -0.2) is 37.0 Å². The number of aromatic nitrogens is 5. The molecule has 0 bridgehead atoms. The van der Waals surface area contributed by atoms with Gasteiger partial charge in [0.15, 0.2) is 17.0 Å². The monoisotopic (exact) mass is 352 g/mol. The zero-order chi connectivity index (χ0) is 17.9. The summed E-state index contributed by atoms with van der Waals surface area (Å²) in [4.78, 5) is 9.25. The lowest BCUT2D eigenvalue weighted by Gasteiger charge is -2.29. The number of rotatable bonds is 5. The van der Waals surface area contributed by atoms with Crippen molar-refractivity contribution in [3.8, 4) is 0 Å². The number of anilines is 2. The molecule has 136 valence electrons. The molecule has 8 heteroatoms. The van der Waals surface area contributed by atoms with E-state index in [4.69, 9.17) is 5.73 Å². The summed E-state index contributed by atoms with van der Waals surface area (Å²) in [5, 5.41) is 15.1. The Balaban J connectivity index is 1.60. The zero-order valence-electron chi connectivity index (χ0n) is 14.9. The van der Waals surface area contributed by atoms with Crippen LogP contribution in [0.3, 0.4) is 0 Å². The summed E-state index contributed by atoms with van der Waals surface area (Å²) in [6, 6.07) is 10.5. The van der Waals surface area contributed by atoms with Gasteiger partial charge < -0.3 is 16.4 Å². The number of benzene rings is 1. The molecular weight excluding hydrogens is 328 g/mol. The molecule has 2 heterocycles. The maximum Gasteiger partial charge on any atom is 0.227 e. The lowest BCUT2D eigenvalue weighted by Crippen LogP contribution is -2.43. The lowest BCUT2D eigenvalue weighted by molar-refractivity contribution is 0.402. The van der Waals surface area contributed by atoms with Crippen LogP contribution >= 0.6 is 0 Å². The summed E-state index contributed by atoms with van der Waals surface area (Å²) in [7, 11) is 1.83. The van der Waals surface area contributed by atoms with E-state index >= 15 is 0 Å². The normalized spacial score (nSPS) is 20.2. The Bertz CT molecular complexity index is 876. The first-order valence-corrected chi connectivity index (χ1v) is 9.08. The number of hydrogen-bond donors (Lipinski definition) is 3. The van der Waals surface area contributed by atoms with E-state index in [2.05, 4.69) is 43.0 Å². The van der Waals surface area contributed by atoms with Gasteiger partial charge in [-0.15, -0.1) is 5.10 Å². The molecule has 2 aromatic heterocycles. The molecule has 2 unspecified atom stereocenters. The molecule has 1 aliphatic carbocycles. The highest BCUT2D eigenvalue weighted by molar-refractivity contribution is 5.83. The molecule has 1 fully saturated rings. The third-order valence-corrected chi connectivity index (χ3v) is 4.89. The summed E-state index contributed by atoms with van der Waals surface area (Å²) in [6.07, 6.45) is 4.44. The third kappa shape index (κ3) is 3.45. The predicted molar refractivity (Wildman–Crippen MR) is 102 cm³/mol. The predicted octanol–water partition coefficient (Wildman–Crippen LogP) is 2.05. The van der Waals surface area contributed by atoms with Crippen molar-refractivity contribution in [2.24, 2.45) is 12.8 Å². The smallest absolute Gasteiger partial charge is 0.227 e. The molecule has 3 aromatic rings. The van der Waals surface area contributed by atoms with E-state index in [-0.39, 0.29) is 12.1 Å². The van der Waals surface area contributed by atoms with Gasteiger partial charge in [0.2, 0.25) is 5.95 Å². The average Bonchev–Trinajstić information content (AvgIpc) is 3.04. The quantitative estimate of drug-likeness (QED) is 0.645. The summed E-state index contributed by atoms with van der Waals surface area (Å²) in [6.45, 7) is 0.659. The van der Waals surface area contributed by atoms with Gasteiger partial charge in [0.1, 0.15) is 0 Å². The van der Waals surface area contributed by atoms with Crippen LogP contribution in [0.25, 0.3) is 11.2 Å². The highest BCUT2D eigenvalue weighted by atomic mass is 15.4. The SMILES string of the molecule is Cn1nnc2c(NCc3ccccc3)nc(NC3CCCCC3N)nc21. The van der Waals surface area contributed by atoms with E-state index < -0.39 is 0 Å². The molecule has 8 nitrogen and oxygen atoms in total. The van der Waals surface area contributed by atoms with Crippen LogP contribution in [0.4, 0.5) is 11.8 Å². The van der Waals surface area contributed by atoms with Crippen LogP contribution in [0.1, 0.15) is 31.2 Å². The second kappa shape index (κ2) is 7.25. The summed E-state index contributed by atoms with van der Waals surface area (Å²) in [5.41, 5.74) is 8.80. The molecule has 1 saturated carbocycles. The number of nitrogens with one attached hydrogen (secondary N) is 2. The summed E-state index contributed by atoms with van der Waals surface area (Å²) >= 11 is 0. The topological polar surface area (TPSA) is 107 Å².